The molecule has 0 aromatic heterocycles. The lowest BCUT2D eigenvalue weighted by Crippen LogP contribution is -2.67. The van der Waals surface area contributed by atoms with Gasteiger partial charge in [-0.2, -0.15) is 0 Å². The predicted molar refractivity (Wildman–Crippen MR) is 130 cm³/mol. The van der Waals surface area contributed by atoms with Crippen LogP contribution < -0.4 is 15.5 Å². The van der Waals surface area contributed by atoms with Crippen molar-refractivity contribution in [2.45, 2.75) is 44.2 Å². The van der Waals surface area contributed by atoms with Crippen molar-refractivity contribution in [1.82, 2.24) is 15.5 Å². The largest absolute Gasteiger partial charge is 0.354 e. The second-order valence-corrected chi connectivity index (χ2v) is 9.97. The number of halogens is 2. The van der Waals surface area contributed by atoms with Crippen molar-refractivity contribution >= 4 is 35.1 Å². The molecule has 0 bridgehead atoms. The van der Waals surface area contributed by atoms with Crippen molar-refractivity contribution in [3.05, 3.63) is 64.9 Å². The molecular weight excluding hydrogens is 471 g/mol. The minimum Gasteiger partial charge on any atom is -0.354 e. The van der Waals surface area contributed by atoms with Gasteiger partial charge in [0, 0.05) is 30.3 Å². The van der Waals surface area contributed by atoms with E-state index < -0.39 is 11.5 Å². The Balaban J connectivity index is 1.34. The number of benzene rings is 2. The molecule has 3 saturated heterocycles. The van der Waals surface area contributed by atoms with Crippen LogP contribution in [0.2, 0.25) is 5.02 Å². The predicted octanol–water partition coefficient (Wildman–Crippen LogP) is 4.03. The second-order valence-electron chi connectivity index (χ2n) is 9.54. The van der Waals surface area contributed by atoms with Crippen LogP contribution in [0.4, 0.5) is 14.9 Å². The van der Waals surface area contributed by atoms with Crippen molar-refractivity contribution < 1.29 is 18.8 Å². The molecule has 7 nitrogen and oxygen atoms in total. The van der Waals surface area contributed by atoms with Gasteiger partial charge in [-0.25, -0.2) is 9.18 Å². The number of anilines is 1. The fourth-order valence-corrected chi connectivity index (χ4v) is 5.68. The first-order valence-corrected chi connectivity index (χ1v) is 12.4. The highest BCUT2D eigenvalue weighted by atomic mass is 35.5. The van der Waals surface area contributed by atoms with Crippen molar-refractivity contribution in [3.63, 3.8) is 0 Å². The van der Waals surface area contributed by atoms with Crippen molar-refractivity contribution in [2.24, 2.45) is 5.41 Å². The highest BCUT2D eigenvalue weighted by Gasteiger charge is 2.62. The summed E-state index contributed by atoms with van der Waals surface area (Å²) in [5.41, 5.74) is 0.937. The summed E-state index contributed by atoms with van der Waals surface area (Å²) in [5, 5.41) is 6.32. The van der Waals surface area contributed by atoms with E-state index in [1.807, 2.05) is 12.1 Å². The van der Waals surface area contributed by atoms with Gasteiger partial charge < -0.3 is 20.4 Å². The highest BCUT2D eigenvalue weighted by Crippen LogP contribution is 2.57. The molecule has 1 unspecified atom stereocenters. The maximum absolute atomic E-state index is 13.6. The highest BCUT2D eigenvalue weighted by molar-refractivity contribution is 6.30. The quantitative estimate of drug-likeness (QED) is 0.627. The number of urea groups is 1. The number of carbonyl (C=O) groups is 3. The number of nitrogens with one attached hydrogen (secondary N) is 2. The van der Waals surface area contributed by atoms with E-state index in [0.717, 1.165) is 18.4 Å². The number of rotatable bonds is 3. The van der Waals surface area contributed by atoms with Crippen LogP contribution in [-0.4, -0.2) is 48.4 Å². The van der Waals surface area contributed by atoms with Gasteiger partial charge in [-0.3, -0.25) is 9.59 Å². The number of likely N-dealkylation sites (tertiary alicyclic amines) is 1. The van der Waals surface area contributed by atoms with Crippen LogP contribution in [0.1, 0.15) is 43.7 Å². The van der Waals surface area contributed by atoms with Gasteiger partial charge in [0.05, 0.1) is 11.5 Å². The number of β-lactam (4-membered cyclic amide) rings is 1. The monoisotopic (exact) mass is 498 g/mol. The van der Waals surface area contributed by atoms with Gasteiger partial charge in [0.25, 0.3) is 0 Å². The van der Waals surface area contributed by atoms with Crippen LogP contribution in [0.5, 0.6) is 0 Å². The maximum atomic E-state index is 13.6. The van der Waals surface area contributed by atoms with Gasteiger partial charge >= 0.3 is 6.03 Å². The molecular formula is C26H28ClFN4O3. The molecule has 9 heteroatoms. The molecule has 0 saturated carbocycles. The van der Waals surface area contributed by atoms with E-state index >= 15 is 0 Å². The molecule has 2 aromatic carbocycles. The molecule has 35 heavy (non-hydrogen) atoms. The zero-order valence-corrected chi connectivity index (χ0v) is 20.1. The first-order chi connectivity index (χ1) is 16.9. The van der Waals surface area contributed by atoms with E-state index in [1.165, 1.54) is 12.1 Å². The molecule has 2 N–H and O–H groups in total. The maximum Gasteiger partial charge on any atom is 0.318 e. The number of amides is 4. The van der Waals surface area contributed by atoms with E-state index in [4.69, 9.17) is 11.6 Å². The minimum absolute atomic E-state index is 0.0211. The zero-order chi connectivity index (χ0) is 24.6. The van der Waals surface area contributed by atoms with E-state index in [-0.39, 0.29) is 29.7 Å². The molecule has 2 atom stereocenters. The third-order valence-corrected chi connectivity index (χ3v) is 7.74. The van der Waals surface area contributed by atoms with Gasteiger partial charge in [0.2, 0.25) is 11.8 Å². The summed E-state index contributed by atoms with van der Waals surface area (Å²) in [6.45, 7) is 1.46. The summed E-state index contributed by atoms with van der Waals surface area (Å²) >= 11 is 6.11. The van der Waals surface area contributed by atoms with Crippen LogP contribution in [0.3, 0.4) is 0 Å². The van der Waals surface area contributed by atoms with E-state index in [9.17, 15) is 18.8 Å². The molecule has 1 spiro atoms. The molecule has 2 aromatic rings. The van der Waals surface area contributed by atoms with Crippen LogP contribution >= 0.6 is 11.6 Å². The first-order valence-electron chi connectivity index (χ1n) is 12.1. The third-order valence-electron chi connectivity index (χ3n) is 7.49. The van der Waals surface area contributed by atoms with Gasteiger partial charge in [-0.1, -0.05) is 23.7 Å². The number of hydrogen-bond donors (Lipinski definition) is 2. The Kier molecular flexibility index (Phi) is 6.40. The van der Waals surface area contributed by atoms with Crippen molar-refractivity contribution in [3.8, 4) is 0 Å². The molecule has 3 fully saturated rings. The Bertz CT molecular complexity index is 1120. The van der Waals surface area contributed by atoms with Gasteiger partial charge in [-0.05, 0) is 74.1 Å². The molecule has 184 valence electrons. The second kappa shape index (κ2) is 9.49. The summed E-state index contributed by atoms with van der Waals surface area (Å²) in [5.74, 6) is -0.523. The topological polar surface area (TPSA) is 81.8 Å². The zero-order valence-electron chi connectivity index (χ0n) is 19.3. The molecule has 0 radical (unpaired) electrons. The number of hydrogen-bond acceptors (Lipinski definition) is 3. The number of carbonyl (C=O) groups excluding carboxylic acids is 3. The molecule has 0 aliphatic carbocycles. The van der Waals surface area contributed by atoms with Crippen molar-refractivity contribution in [2.75, 3.05) is 24.5 Å². The average Bonchev–Trinajstić information content (AvgIpc) is 3.07. The summed E-state index contributed by atoms with van der Waals surface area (Å²) in [6.07, 6.45) is 3.41. The smallest absolute Gasteiger partial charge is 0.318 e. The van der Waals surface area contributed by atoms with Crippen LogP contribution in [0.15, 0.2) is 48.5 Å². The standard InChI is InChI=1S/C26H28ClFN4O3/c27-18-6-4-17(5-7-18)22-26(24(34)32(22)20-10-8-19(28)9-11-20)12-15-31(16-13-26)25(35)30-21-3-1-2-14-29-23(21)33/h4-11,21-22H,1-3,12-16H2,(H,29,33)(H,30,35)/t21-,22?/m0/s1. The van der Waals surface area contributed by atoms with Gasteiger partial charge in [0.15, 0.2) is 0 Å². The first kappa shape index (κ1) is 23.6. The van der Waals surface area contributed by atoms with E-state index in [2.05, 4.69) is 10.6 Å². The fraction of sp³-hybridized carbons (Fsp3) is 0.423. The average molecular weight is 499 g/mol. The Hall–Kier alpha value is -3.13. The van der Waals surface area contributed by atoms with Crippen molar-refractivity contribution in [1.29, 1.82) is 0 Å². The molecule has 3 aliphatic heterocycles. The Labute approximate surface area is 208 Å². The molecule has 5 rings (SSSR count). The summed E-state index contributed by atoms with van der Waals surface area (Å²) < 4.78 is 13.5. The van der Waals surface area contributed by atoms with E-state index in [0.29, 0.717) is 49.6 Å². The van der Waals surface area contributed by atoms with Gasteiger partial charge in [-0.15, -0.1) is 0 Å². The Morgan fingerprint density at radius 3 is 2.40 bits per heavy atom. The lowest BCUT2D eigenvalue weighted by Gasteiger charge is -2.59. The minimum atomic E-state index is -0.654. The number of piperidine rings is 1. The molecule has 4 amide bonds. The molecule has 3 heterocycles. The van der Waals surface area contributed by atoms with E-state index in [1.54, 1.807) is 34.1 Å². The Morgan fingerprint density at radius 2 is 1.71 bits per heavy atom. The molecule has 3 aliphatic rings. The summed E-state index contributed by atoms with van der Waals surface area (Å²) in [6, 6.07) is 12.3. The van der Waals surface area contributed by atoms with Crippen LogP contribution in [0.25, 0.3) is 0 Å². The Morgan fingerprint density at radius 1 is 1.03 bits per heavy atom. The fourth-order valence-electron chi connectivity index (χ4n) is 5.55. The van der Waals surface area contributed by atoms with Crippen LogP contribution in [-0.2, 0) is 9.59 Å². The summed E-state index contributed by atoms with van der Waals surface area (Å²) in [4.78, 5) is 42.1. The lowest BCUT2D eigenvalue weighted by molar-refractivity contribution is -0.144. The third kappa shape index (κ3) is 4.35. The number of nitrogens with zero attached hydrogens (tertiary/aromatic N) is 2. The van der Waals surface area contributed by atoms with Crippen LogP contribution in [0, 0.1) is 11.2 Å². The van der Waals surface area contributed by atoms with Gasteiger partial charge in [0.1, 0.15) is 11.9 Å². The normalized spacial score (nSPS) is 23.9. The lowest BCUT2D eigenvalue weighted by atomic mass is 9.62. The SMILES string of the molecule is O=C1NCCCC[C@@H]1NC(=O)N1CCC2(CC1)C(=O)N(c1ccc(F)cc1)C2c1ccc(Cl)cc1. The summed E-state index contributed by atoms with van der Waals surface area (Å²) in [7, 11) is 0.